The van der Waals surface area contributed by atoms with Gasteiger partial charge in [0.05, 0.1) is 23.1 Å². The Morgan fingerprint density at radius 3 is 2.08 bits per heavy atom. The number of carboxylic acid groups (broad SMARTS) is 2. The smallest absolute Gasteiger partial charge is 0.475 e. The van der Waals surface area contributed by atoms with Crippen molar-refractivity contribution in [1.29, 1.82) is 0 Å². The average Bonchev–Trinajstić information content (AvgIpc) is 3.42. The molecule has 6 N–H and O–H groups in total. The number of hydrogen-bond acceptors (Lipinski definition) is 8. The number of nitrogen functional groups attached to an aromatic ring is 1. The van der Waals surface area contributed by atoms with E-state index in [-0.39, 0.29) is 17.2 Å². The summed E-state index contributed by atoms with van der Waals surface area (Å²) in [7, 11) is 1.91. The average molecular weight is 537 g/mol. The molecule has 19 heteroatoms. The van der Waals surface area contributed by atoms with Gasteiger partial charge < -0.3 is 26.2 Å². The Kier molecular flexibility index (Phi) is 10.3. The number of aromatic nitrogens is 4. The third-order valence-electron chi connectivity index (χ3n) is 4.30. The van der Waals surface area contributed by atoms with Crippen LogP contribution in [-0.2, 0) is 9.59 Å². The number of H-pyrrole nitrogens is 1. The minimum atomic E-state index is -5.08. The highest BCUT2D eigenvalue weighted by atomic mass is 19.4. The minimum absolute atomic E-state index is 0.0511. The Morgan fingerprint density at radius 2 is 1.67 bits per heavy atom. The first-order valence-corrected chi connectivity index (χ1v) is 9.46. The number of aliphatic carboxylic acids is 2. The van der Waals surface area contributed by atoms with Crippen molar-refractivity contribution in [2.75, 3.05) is 30.8 Å². The lowest BCUT2D eigenvalue weighted by atomic mass is 10.2. The number of likely N-dealkylation sites (N-methyl/N-ethyl adjacent to an activating group) is 1. The molecule has 0 saturated carbocycles. The van der Waals surface area contributed by atoms with E-state index < -0.39 is 30.7 Å². The van der Waals surface area contributed by atoms with Gasteiger partial charge in [0, 0.05) is 25.2 Å². The maximum Gasteiger partial charge on any atom is 0.490 e. The second-order valence-corrected chi connectivity index (χ2v) is 6.80. The fourth-order valence-electron chi connectivity index (χ4n) is 2.61. The summed E-state index contributed by atoms with van der Waals surface area (Å²) in [6.45, 7) is 1.61. The van der Waals surface area contributed by atoms with Gasteiger partial charge in [-0.25, -0.2) is 23.4 Å². The number of rotatable bonds is 4. The van der Waals surface area contributed by atoms with E-state index in [0.717, 1.165) is 25.7 Å². The molecule has 1 aliphatic heterocycles. The van der Waals surface area contributed by atoms with Gasteiger partial charge in [-0.15, -0.1) is 0 Å². The van der Waals surface area contributed by atoms with Gasteiger partial charge in [0.1, 0.15) is 5.82 Å². The molecule has 1 atom stereocenters. The quantitative estimate of drug-likeness (QED) is 0.365. The zero-order valence-electron chi connectivity index (χ0n) is 18.0. The molecule has 1 aliphatic rings. The molecule has 11 nitrogen and oxygen atoms in total. The molecular weight excluding hydrogens is 518 g/mol. The monoisotopic (exact) mass is 537 g/mol. The van der Waals surface area contributed by atoms with Gasteiger partial charge in [0.15, 0.2) is 0 Å². The lowest BCUT2D eigenvalue weighted by molar-refractivity contribution is -0.193. The Labute approximate surface area is 196 Å². The number of carboxylic acids is 2. The van der Waals surface area contributed by atoms with Crippen molar-refractivity contribution < 1.29 is 54.9 Å². The summed E-state index contributed by atoms with van der Waals surface area (Å²) in [6.07, 6.45) is -10.7. The molecule has 0 aromatic carbocycles. The Hall–Kier alpha value is -3.77. The number of nitrogens with zero attached hydrogens (tertiary/aromatic N) is 4. The first-order chi connectivity index (χ1) is 16.5. The molecule has 202 valence electrons. The normalized spacial score (nSPS) is 15.6. The van der Waals surface area contributed by atoms with Crippen LogP contribution in [0.4, 0.5) is 46.9 Å². The first-order valence-electron chi connectivity index (χ1n) is 9.46. The van der Waals surface area contributed by atoms with Crippen molar-refractivity contribution in [3.63, 3.8) is 0 Å². The zero-order chi connectivity index (χ0) is 27.8. The number of alkyl halides is 8. The molecule has 0 aliphatic carbocycles. The van der Waals surface area contributed by atoms with Crippen LogP contribution in [0, 0.1) is 0 Å². The molecule has 3 rings (SSSR count). The van der Waals surface area contributed by atoms with E-state index in [1.165, 1.54) is 0 Å². The van der Waals surface area contributed by atoms with Gasteiger partial charge in [0.25, 0.3) is 6.43 Å². The Bertz CT molecular complexity index is 1010. The second-order valence-electron chi connectivity index (χ2n) is 6.80. The molecule has 1 saturated heterocycles. The van der Waals surface area contributed by atoms with Crippen LogP contribution >= 0.6 is 0 Å². The fraction of sp³-hybridized carbons (Fsp3) is 0.471. The number of nitrogens with one attached hydrogen (secondary N) is 2. The van der Waals surface area contributed by atoms with Crippen LogP contribution in [0.2, 0.25) is 0 Å². The maximum atomic E-state index is 13.0. The highest BCUT2D eigenvalue weighted by Gasteiger charge is 2.38. The van der Waals surface area contributed by atoms with E-state index in [1.54, 1.807) is 6.07 Å². The molecule has 2 aromatic heterocycles. The molecule has 3 heterocycles. The zero-order valence-corrected chi connectivity index (χ0v) is 18.0. The summed E-state index contributed by atoms with van der Waals surface area (Å²) in [5.74, 6) is -4.83. The highest BCUT2D eigenvalue weighted by Crippen LogP contribution is 2.30. The highest BCUT2D eigenvalue weighted by molar-refractivity contribution is 5.73. The first kappa shape index (κ1) is 30.3. The Balaban J connectivity index is 0.000000383. The third kappa shape index (κ3) is 9.12. The van der Waals surface area contributed by atoms with Gasteiger partial charge in [-0.2, -0.15) is 36.4 Å². The van der Waals surface area contributed by atoms with Gasteiger partial charge in [-0.3, -0.25) is 5.10 Å². The standard InChI is InChI=1S/C13H17F2N7.2C2HF3O2/c1-17-7-2-3-22(6-7)10-4-9(19-13(16)20-10)11-8(12(14)15)5-18-21-11;2*3-2(4,5)1(6)7/h4-5,7,12,17H,2-3,6H2,1H3,(H,18,21)(H2,16,19,20);2*(H,6,7)/t7-;;/m1../s1. The number of halogens is 8. The van der Waals surface area contributed by atoms with E-state index in [4.69, 9.17) is 25.5 Å². The van der Waals surface area contributed by atoms with Crippen molar-refractivity contribution in [3.8, 4) is 11.4 Å². The summed E-state index contributed by atoms with van der Waals surface area (Å²) in [5.41, 5.74) is 6.04. The largest absolute Gasteiger partial charge is 0.490 e. The van der Waals surface area contributed by atoms with E-state index in [0.29, 0.717) is 17.6 Å². The van der Waals surface area contributed by atoms with Crippen molar-refractivity contribution in [1.82, 2.24) is 25.5 Å². The predicted molar refractivity (Wildman–Crippen MR) is 106 cm³/mol. The third-order valence-corrected chi connectivity index (χ3v) is 4.30. The van der Waals surface area contributed by atoms with Crippen LogP contribution in [-0.4, -0.2) is 80.8 Å². The number of aromatic amines is 1. The maximum absolute atomic E-state index is 13.0. The van der Waals surface area contributed by atoms with E-state index >= 15 is 0 Å². The van der Waals surface area contributed by atoms with E-state index in [9.17, 15) is 35.1 Å². The van der Waals surface area contributed by atoms with E-state index in [2.05, 4.69) is 30.4 Å². The fourth-order valence-corrected chi connectivity index (χ4v) is 2.61. The number of hydrogen-bond donors (Lipinski definition) is 5. The summed E-state index contributed by atoms with van der Waals surface area (Å²) in [4.78, 5) is 28.1. The topological polar surface area (TPSA) is 170 Å². The lowest BCUT2D eigenvalue weighted by Gasteiger charge is -2.18. The molecule has 36 heavy (non-hydrogen) atoms. The second kappa shape index (κ2) is 12.3. The van der Waals surface area contributed by atoms with Gasteiger partial charge in [-0.05, 0) is 13.5 Å². The molecule has 0 radical (unpaired) electrons. The SMILES string of the molecule is CN[C@@H]1CCN(c2cc(-c3[nH]ncc3C(F)F)nc(N)n2)C1.O=C(O)C(F)(F)F.O=C(O)C(F)(F)F. The van der Waals surface area contributed by atoms with Crippen molar-refractivity contribution >= 4 is 23.7 Å². The van der Waals surface area contributed by atoms with Crippen molar-refractivity contribution in [3.05, 3.63) is 17.8 Å². The van der Waals surface area contributed by atoms with Crippen molar-refractivity contribution in [2.45, 2.75) is 31.2 Å². The molecule has 0 bridgehead atoms. The van der Waals surface area contributed by atoms with Crippen molar-refractivity contribution in [2.24, 2.45) is 0 Å². The molecular formula is C17H19F8N7O4. The van der Waals surface area contributed by atoms with Gasteiger partial charge >= 0.3 is 24.3 Å². The van der Waals surface area contributed by atoms with Crippen LogP contribution in [0.25, 0.3) is 11.4 Å². The van der Waals surface area contributed by atoms with Crippen LogP contribution < -0.4 is 16.0 Å². The van der Waals surface area contributed by atoms with Crippen LogP contribution in [0.1, 0.15) is 18.4 Å². The lowest BCUT2D eigenvalue weighted by Crippen LogP contribution is -2.30. The number of anilines is 2. The van der Waals surface area contributed by atoms with Gasteiger partial charge in [0.2, 0.25) is 5.95 Å². The summed E-state index contributed by atoms with van der Waals surface area (Å²) in [6, 6.07) is 2.04. The number of carbonyl (C=O) groups is 2. The molecule has 0 unspecified atom stereocenters. The van der Waals surface area contributed by atoms with Gasteiger partial charge in [-0.1, -0.05) is 0 Å². The molecule has 1 fully saturated rings. The van der Waals surface area contributed by atoms with E-state index in [1.807, 2.05) is 7.05 Å². The predicted octanol–water partition coefficient (Wildman–Crippen LogP) is 2.45. The molecule has 0 spiro atoms. The summed E-state index contributed by atoms with van der Waals surface area (Å²) in [5, 5.41) is 23.7. The van der Waals surface area contributed by atoms with Crippen LogP contribution in [0.5, 0.6) is 0 Å². The molecule has 2 aromatic rings. The number of nitrogens with two attached hydrogens (primary N) is 1. The Morgan fingerprint density at radius 1 is 1.14 bits per heavy atom. The summed E-state index contributed by atoms with van der Waals surface area (Å²) >= 11 is 0. The summed E-state index contributed by atoms with van der Waals surface area (Å²) < 4.78 is 89.5. The van der Waals surface area contributed by atoms with Crippen LogP contribution in [0.3, 0.4) is 0 Å². The molecule has 0 amide bonds. The van der Waals surface area contributed by atoms with Crippen LogP contribution in [0.15, 0.2) is 12.3 Å². The minimum Gasteiger partial charge on any atom is -0.475 e.